The highest BCUT2D eigenvalue weighted by Crippen LogP contribution is 2.21. The summed E-state index contributed by atoms with van der Waals surface area (Å²) in [4.78, 5) is 14.1. The molecule has 1 heterocycles. The molecule has 6 nitrogen and oxygen atoms in total. The van der Waals surface area contributed by atoms with Crippen LogP contribution in [0.4, 0.5) is 0 Å². The molecule has 1 aromatic carbocycles. The standard InChI is InChI=1S/C16H23NO5S2/c1-3-17(16(18)14-8-10-23(19,20)12-14)9-11-24(21,22)15-6-4-13(2)5-7-15/h4-7,14H,3,8-12H2,1-2H3. The van der Waals surface area contributed by atoms with Crippen LogP contribution in [0, 0.1) is 12.8 Å². The van der Waals surface area contributed by atoms with Gasteiger partial charge >= 0.3 is 0 Å². The Bertz CT molecular complexity index is 797. The Morgan fingerprint density at radius 1 is 1.25 bits per heavy atom. The Labute approximate surface area is 143 Å². The van der Waals surface area contributed by atoms with Crippen molar-refractivity contribution in [1.29, 1.82) is 0 Å². The van der Waals surface area contributed by atoms with Gasteiger partial charge in [0.05, 0.1) is 28.1 Å². The Kier molecular flexibility index (Phi) is 5.70. The molecule has 8 heteroatoms. The summed E-state index contributed by atoms with van der Waals surface area (Å²) in [7, 11) is -6.61. The highest BCUT2D eigenvalue weighted by Gasteiger charge is 2.35. The maximum absolute atomic E-state index is 12.4. The SMILES string of the molecule is CCN(CCS(=O)(=O)c1ccc(C)cc1)C(=O)C1CCS(=O)(=O)C1. The summed E-state index contributed by atoms with van der Waals surface area (Å²) in [6.07, 6.45) is 0.322. The fourth-order valence-corrected chi connectivity index (χ4v) is 5.75. The molecule has 1 aromatic rings. The van der Waals surface area contributed by atoms with Crippen molar-refractivity contribution in [2.75, 3.05) is 30.3 Å². The van der Waals surface area contributed by atoms with E-state index in [9.17, 15) is 21.6 Å². The fourth-order valence-electron chi connectivity index (χ4n) is 2.77. The highest BCUT2D eigenvalue weighted by molar-refractivity contribution is 7.91. The van der Waals surface area contributed by atoms with Crippen molar-refractivity contribution in [3.8, 4) is 0 Å². The molecule has 24 heavy (non-hydrogen) atoms. The number of aryl methyl sites for hydroxylation is 1. The van der Waals surface area contributed by atoms with Crippen molar-refractivity contribution in [2.24, 2.45) is 5.92 Å². The molecule has 0 bridgehead atoms. The van der Waals surface area contributed by atoms with E-state index in [2.05, 4.69) is 0 Å². The van der Waals surface area contributed by atoms with Crippen molar-refractivity contribution in [3.63, 3.8) is 0 Å². The van der Waals surface area contributed by atoms with Gasteiger partial charge < -0.3 is 4.90 Å². The molecule has 134 valence electrons. The zero-order valence-corrected chi connectivity index (χ0v) is 15.6. The van der Waals surface area contributed by atoms with Crippen LogP contribution in [0.5, 0.6) is 0 Å². The van der Waals surface area contributed by atoms with Crippen LogP contribution in [0.3, 0.4) is 0 Å². The van der Waals surface area contributed by atoms with Crippen molar-refractivity contribution >= 4 is 25.6 Å². The molecule has 1 aliphatic heterocycles. The van der Waals surface area contributed by atoms with Gasteiger partial charge in [0.15, 0.2) is 19.7 Å². The van der Waals surface area contributed by atoms with E-state index in [0.29, 0.717) is 13.0 Å². The zero-order valence-electron chi connectivity index (χ0n) is 13.9. The molecule has 1 saturated heterocycles. The third-order valence-corrected chi connectivity index (χ3v) is 7.76. The number of hydrogen-bond donors (Lipinski definition) is 0. The number of carbonyl (C=O) groups excluding carboxylic acids is 1. The van der Waals surface area contributed by atoms with Crippen molar-refractivity contribution in [3.05, 3.63) is 29.8 Å². The molecule has 0 N–H and O–H groups in total. The fraction of sp³-hybridized carbons (Fsp3) is 0.562. The number of hydrogen-bond acceptors (Lipinski definition) is 5. The van der Waals surface area contributed by atoms with Crippen LogP contribution in [0.25, 0.3) is 0 Å². The maximum atomic E-state index is 12.4. The van der Waals surface area contributed by atoms with E-state index in [1.165, 1.54) is 4.90 Å². The predicted octanol–water partition coefficient (Wildman–Crippen LogP) is 1.05. The Morgan fingerprint density at radius 3 is 2.38 bits per heavy atom. The van der Waals surface area contributed by atoms with Crippen LogP contribution >= 0.6 is 0 Å². The lowest BCUT2D eigenvalue weighted by molar-refractivity contribution is -0.134. The molecule has 0 saturated carbocycles. The van der Waals surface area contributed by atoms with Crippen molar-refractivity contribution in [2.45, 2.75) is 25.2 Å². The molecule has 1 aliphatic rings. The summed E-state index contributed by atoms with van der Waals surface area (Å²) in [5.41, 5.74) is 0.974. The summed E-state index contributed by atoms with van der Waals surface area (Å²) >= 11 is 0. The molecular formula is C16H23NO5S2. The Morgan fingerprint density at radius 2 is 1.88 bits per heavy atom. The normalized spacial score (nSPS) is 20.0. The Balaban J connectivity index is 2.03. The van der Waals surface area contributed by atoms with Gasteiger partial charge in [-0.3, -0.25) is 4.79 Å². The second kappa shape index (κ2) is 7.23. The van der Waals surface area contributed by atoms with Crippen molar-refractivity contribution < 1.29 is 21.6 Å². The Hall–Kier alpha value is -1.41. The molecule has 0 radical (unpaired) electrons. The van der Waals surface area contributed by atoms with E-state index >= 15 is 0 Å². The molecule has 1 amide bonds. The second-order valence-corrected chi connectivity index (χ2v) is 10.5. The molecule has 1 atom stereocenters. The lowest BCUT2D eigenvalue weighted by Crippen LogP contribution is -2.39. The highest BCUT2D eigenvalue weighted by atomic mass is 32.2. The molecular weight excluding hydrogens is 350 g/mol. The van der Waals surface area contributed by atoms with E-state index < -0.39 is 25.6 Å². The van der Waals surface area contributed by atoms with Gasteiger partial charge in [-0.1, -0.05) is 17.7 Å². The van der Waals surface area contributed by atoms with Crippen LogP contribution in [-0.2, 0) is 24.5 Å². The lowest BCUT2D eigenvalue weighted by Gasteiger charge is -2.23. The average molecular weight is 373 g/mol. The van der Waals surface area contributed by atoms with E-state index in [-0.39, 0.29) is 34.6 Å². The topological polar surface area (TPSA) is 88.6 Å². The molecule has 1 unspecified atom stereocenters. The summed E-state index contributed by atoms with van der Waals surface area (Å²) < 4.78 is 47.8. The summed E-state index contributed by atoms with van der Waals surface area (Å²) in [5.74, 6) is -1.08. The maximum Gasteiger partial charge on any atom is 0.226 e. The zero-order chi connectivity index (χ0) is 18.0. The molecule has 0 aliphatic carbocycles. The number of sulfone groups is 2. The van der Waals surface area contributed by atoms with Crippen LogP contribution in [0.15, 0.2) is 29.2 Å². The number of benzene rings is 1. The molecule has 2 rings (SSSR count). The number of amides is 1. The minimum absolute atomic E-state index is 0.0304. The predicted molar refractivity (Wildman–Crippen MR) is 92.2 cm³/mol. The van der Waals surface area contributed by atoms with Gasteiger partial charge in [-0.05, 0) is 32.4 Å². The number of rotatable bonds is 6. The van der Waals surface area contributed by atoms with Gasteiger partial charge in [-0.25, -0.2) is 16.8 Å². The van der Waals surface area contributed by atoms with E-state index in [1.54, 1.807) is 31.2 Å². The smallest absolute Gasteiger partial charge is 0.226 e. The lowest BCUT2D eigenvalue weighted by atomic mass is 10.1. The average Bonchev–Trinajstić information content (AvgIpc) is 2.88. The third-order valence-electron chi connectivity index (χ3n) is 4.29. The first-order chi connectivity index (χ1) is 11.1. The first-order valence-electron chi connectivity index (χ1n) is 7.93. The number of nitrogens with zero attached hydrogens (tertiary/aromatic N) is 1. The minimum atomic E-state index is -3.47. The van der Waals surface area contributed by atoms with E-state index in [1.807, 2.05) is 6.92 Å². The van der Waals surface area contributed by atoms with Gasteiger partial charge in [0.2, 0.25) is 5.91 Å². The number of carbonyl (C=O) groups is 1. The van der Waals surface area contributed by atoms with Crippen LogP contribution in [0.1, 0.15) is 18.9 Å². The summed E-state index contributed by atoms with van der Waals surface area (Å²) in [6, 6.07) is 6.59. The summed E-state index contributed by atoms with van der Waals surface area (Å²) in [5, 5.41) is 0. The molecule has 0 aromatic heterocycles. The summed E-state index contributed by atoms with van der Waals surface area (Å²) in [6.45, 7) is 4.07. The first-order valence-corrected chi connectivity index (χ1v) is 11.4. The monoisotopic (exact) mass is 373 g/mol. The van der Waals surface area contributed by atoms with Crippen LogP contribution in [-0.4, -0.2) is 58.0 Å². The molecule has 0 spiro atoms. The molecule has 1 fully saturated rings. The largest absolute Gasteiger partial charge is 0.342 e. The van der Waals surface area contributed by atoms with Gasteiger partial charge in [0.25, 0.3) is 0 Å². The van der Waals surface area contributed by atoms with Gasteiger partial charge in [-0.15, -0.1) is 0 Å². The van der Waals surface area contributed by atoms with Crippen LogP contribution < -0.4 is 0 Å². The van der Waals surface area contributed by atoms with Gasteiger partial charge in [-0.2, -0.15) is 0 Å². The first kappa shape index (κ1) is 18.9. The van der Waals surface area contributed by atoms with Crippen molar-refractivity contribution in [1.82, 2.24) is 4.90 Å². The quantitative estimate of drug-likeness (QED) is 0.744. The van der Waals surface area contributed by atoms with Gasteiger partial charge in [0.1, 0.15) is 0 Å². The second-order valence-electron chi connectivity index (χ2n) is 6.15. The van der Waals surface area contributed by atoms with E-state index in [4.69, 9.17) is 0 Å². The van der Waals surface area contributed by atoms with Gasteiger partial charge in [0, 0.05) is 13.1 Å². The third kappa shape index (κ3) is 4.57. The van der Waals surface area contributed by atoms with Crippen LogP contribution in [0.2, 0.25) is 0 Å². The minimum Gasteiger partial charge on any atom is -0.342 e. The van der Waals surface area contributed by atoms with E-state index in [0.717, 1.165) is 5.56 Å².